The number of fused-ring (bicyclic) bond motifs is 3. The molecule has 0 fully saturated rings. The smallest absolute Gasteiger partial charge is 0.217 e. The number of benzene rings is 3. The molecular weight excluding hydrogens is 432 g/mol. The van der Waals surface area contributed by atoms with Crippen molar-refractivity contribution in [2.24, 2.45) is 5.10 Å². The van der Waals surface area contributed by atoms with Gasteiger partial charge in [-0.15, -0.1) is 0 Å². The third-order valence-corrected chi connectivity index (χ3v) is 6.18. The van der Waals surface area contributed by atoms with Gasteiger partial charge in [0.25, 0.3) is 0 Å². The van der Waals surface area contributed by atoms with Crippen molar-refractivity contribution in [3.8, 4) is 28.7 Å². The third-order valence-electron chi connectivity index (χ3n) is 6.18. The molecule has 0 radical (unpaired) electrons. The van der Waals surface area contributed by atoms with Gasteiger partial charge in [0.1, 0.15) is 5.75 Å². The van der Waals surface area contributed by atoms with Gasteiger partial charge in [0.05, 0.1) is 45.3 Å². The molecule has 7 heteroatoms. The summed E-state index contributed by atoms with van der Waals surface area (Å²) in [7, 11) is 4.93. The highest BCUT2D eigenvalue weighted by molar-refractivity contribution is 6.02. The van der Waals surface area contributed by atoms with Gasteiger partial charge < -0.3 is 23.7 Å². The monoisotopic (exact) mass is 460 g/mol. The molecule has 0 unspecified atom stereocenters. The molecule has 2 aliphatic heterocycles. The number of rotatable bonds is 7. The Kier molecular flexibility index (Phi) is 5.92. The molecule has 0 bridgehead atoms. The highest BCUT2D eigenvalue weighted by Crippen LogP contribution is 2.52. The van der Waals surface area contributed by atoms with Crippen molar-refractivity contribution in [2.45, 2.75) is 25.6 Å². The van der Waals surface area contributed by atoms with Gasteiger partial charge in [-0.1, -0.05) is 30.3 Å². The molecule has 0 spiro atoms. The number of para-hydroxylation sites is 2. The molecule has 7 nitrogen and oxygen atoms in total. The molecule has 3 aromatic carbocycles. The van der Waals surface area contributed by atoms with Crippen molar-refractivity contribution in [3.63, 3.8) is 0 Å². The Bertz CT molecular complexity index is 1230. The van der Waals surface area contributed by atoms with Crippen molar-refractivity contribution >= 4 is 5.71 Å². The van der Waals surface area contributed by atoms with Gasteiger partial charge in [-0.05, 0) is 37.3 Å². The first-order chi connectivity index (χ1) is 16.7. The van der Waals surface area contributed by atoms with E-state index in [1.54, 1.807) is 21.3 Å². The number of hydrogen-bond acceptors (Lipinski definition) is 7. The van der Waals surface area contributed by atoms with E-state index >= 15 is 0 Å². The lowest BCUT2D eigenvalue weighted by molar-refractivity contribution is -0.0226. The molecule has 5 rings (SSSR count). The van der Waals surface area contributed by atoms with Crippen LogP contribution < -0.4 is 23.7 Å². The predicted octanol–water partition coefficient (Wildman–Crippen LogP) is 5.35. The van der Waals surface area contributed by atoms with Crippen LogP contribution in [0.3, 0.4) is 0 Å². The molecule has 34 heavy (non-hydrogen) atoms. The van der Waals surface area contributed by atoms with E-state index in [9.17, 15) is 0 Å². The van der Waals surface area contributed by atoms with E-state index in [4.69, 9.17) is 28.8 Å². The van der Waals surface area contributed by atoms with Crippen LogP contribution in [0.5, 0.6) is 28.7 Å². The van der Waals surface area contributed by atoms with Crippen molar-refractivity contribution in [3.05, 3.63) is 77.4 Å². The van der Waals surface area contributed by atoms with Crippen LogP contribution in [0, 0.1) is 0 Å². The van der Waals surface area contributed by atoms with Crippen LogP contribution in [0.1, 0.15) is 42.3 Å². The molecule has 2 atom stereocenters. The van der Waals surface area contributed by atoms with E-state index in [-0.39, 0.29) is 6.04 Å². The molecule has 0 saturated carbocycles. The van der Waals surface area contributed by atoms with Crippen LogP contribution in [0.4, 0.5) is 0 Å². The van der Waals surface area contributed by atoms with Crippen LogP contribution >= 0.6 is 0 Å². The summed E-state index contributed by atoms with van der Waals surface area (Å²) in [4.78, 5) is 0. The fourth-order valence-electron chi connectivity index (χ4n) is 4.64. The lowest BCUT2D eigenvalue weighted by Crippen LogP contribution is -2.34. The van der Waals surface area contributed by atoms with E-state index in [0.29, 0.717) is 18.1 Å². The number of ether oxygens (including phenoxy) is 5. The number of methoxy groups -OCH3 is 3. The molecule has 3 aromatic rings. The third kappa shape index (κ3) is 3.67. The van der Waals surface area contributed by atoms with Gasteiger partial charge in [0.2, 0.25) is 6.23 Å². The first kappa shape index (κ1) is 21.9. The molecule has 0 aromatic heterocycles. The Hall–Kier alpha value is -3.87. The number of hydrogen-bond donors (Lipinski definition) is 0. The van der Waals surface area contributed by atoms with Crippen LogP contribution in [-0.2, 0) is 0 Å². The lowest BCUT2D eigenvalue weighted by Gasteiger charge is -2.39. The van der Waals surface area contributed by atoms with Crippen molar-refractivity contribution in [1.29, 1.82) is 0 Å². The zero-order valence-corrected chi connectivity index (χ0v) is 19.8. The average Bonchev–Trinajstić information content (AvgIpc) is 3.34. The van der Waals surface area contributed by atoms with Gasteiger partial charge >= 0.3 is 0 Å². The minimum absolute atomic E-state index is 0.0220. The molecule has 2 aliphatic rings. The summed E-state index contributed by atoms with van der Waals surface area (Å²) in [6.45, 7) is 2.52. The highest BCUT2D eigenvalue weighted by Gasteiger charge is 2.43. The molecule has 2 heterocycles. The van der Waals surface area contributed by atoms with Crippen LogP contribution in [0.2, 0.25) is 0 Å². The SMILES string of the molecule is CCOc1cccc2c1O[C@@H](c1cccc(OC)c1OC)N1N=C(c3cccc(OC)c3)C[C@@H]21. The Labute approximate surface area is 199 Å². The van der Waals surface area contributed by atoms with Crippen LogP contribution in [-0.4, -0.2) is 38.7 Å². The molecule has 0 aliphatic carbocycles. The molecule has 0 saturated heterocycles. The summed E-state index contributed by atoms with van der Waals surface area (Å²) in [5, 5.41) is 7.07. The van der Waals surface area contributed by atoms with E-state index in [0.717, 1.165) is 46.1 Å². The minimum Gasteiger partial charge on any atom is -0.497 e. The Balaban J connectivity index is 1.65. The average molecular weight is 461 g/mol. The minimum atomic E-state index is -0.521. The quantitative estimate of drug-likeness (QED) is 0.474. The van der Waals surface area contributed by atoms with Crippen LogP contribution in [0.25, 0.3) is 0 Å². The van der Waals surface area contributed by atoms with E-state index in [1.807, 2.05) is 60.5 Å². The normalized spacial score (nSPS) is 18.4. The summed E-state index contributed by atoms with van der Waals surface area (Å²) in [6.07, 6.45) is 0.203. The fourth-order valence-corrected chi connectivity index (χ4v) is 4.64. The van der Waals surface area contributed by atoms with Crippen LogP contribution in [0.15, 0.2) is 65.8 Å². The second-order valence-corrected chi connectivity index (χ2v) is 8.04. The number of nitrogens with zero attached hydrogens (tertiary/aromatic N) is 2. The topological polar surface area (TPSA) is 61.8 Å². The van der Waals surface area contributed by atoms with Crippen molar-refractivity contribution in [1.82, 2.24) is 5.01 Å². The van der Waals surface area contributed by atoms with E-state index < -0.39 is 6.23 Å². The predicted molar refractivity (Wildman–Crippen MR) is 129 cm³/mol. The Morgan fingerprint density at radius 3 is 2.41 bits per heavy atom. The van der Waals surface area contributed by atoms with Gasteiger partial charge in [0, 0.05) is 17.5 Å². The van der Waals surface area contributed by atoms with Crippen molar-refractivity contribution in [2.75, 3.05) is 27.9 Å². The Morgan fingerprint density at radius 2 is 1.68 bits per heavy atom. The van der Waals surface area contributed by atoms with E-state index in [1.165, 1.54) is 0 Å². The fraction of sp³-hybridized carbons (Fsp3) is 0.296. The zero-order valence-electron chi connectivity index (χ0n) is 19.8. The molecule has 0 amide bonds. The lowest BCUT2D eigenvalue weighted by atomic mass is 9.95. The summed E-state index contributed by atoms with van der Waals surface area (Å²) >= 11 is 0. The zero-order chi connectivity index (χ0) is 23.7. The van der Waals surface area contributed by atoms with Gasteiger partial charge in [-0.25, -0.2) is 5.01 Å². The van der Waals surface area contributed by atoms with Gasteiger partial charge in [-0.3, -0.25) is 0 Å². The summed E-state index contributed by atoms with van der Waals surface area (Å²) in [5.74, 6) is 3.52. The summed E-state index contributed by atoms with van der Waals surface area (Å²) < 4.78 is 29.3. The maximum atomic E-state index is 6.62. The summed E-state index contributed by atoms with van der Waals surface area (Å²) in [5.41, 5.74) is 3.87. The first-order valence-corrected chi connectivity index (χ1v) is 11.3. The second-order valence-electron chi connectivity index (χ2n) is 8.04. The number of hydrazone groups is 1. The summed E-state index contributed by atoms with van der Waals surface area (Å²) in [6, 6.07) is 19.8. The molecule has 0 N–H and O–H groups in total. The van der Waals surface area contributed by atoms with Gasteiger partial charge in [-0.2, -0.15) is 5.10 Å². The maximum Gasteiger partial charge on any atom is 0.217 e. The van der Waals surface area contributed by atoms with E-state index in [2.05, 4.69) is 12.1 Å². The second kappa shape index (κ2) is 9.17. The highest BCUT2D eigenvalue weighted by atomic mass is 16.5. The first-order valence-electron chi connectivity index (χ1n) is 11.3. The standard InChI is InChI=1S/C27H28N2O5/c1-5-33-24-14-7-11-19-22-16-21(17-9-6-10-18(15-17)30-2)28-29(22)27(34-26(19)24)20-12-8-13-23(31-3)25(20)32-4/h6-15,22,27H,5,16H2,1-4H3/t22-,27-/m0/s1. The maximum absolute atomic E-state index is 6.62. The molecular formula is C27H28N2O5. The Morgan fingerprint density at radius 1 is 0.912 bits per heavy atom. The largest absolute Gasteiger partial charge is 0.497 e. The van der Waals surface area contributed by atoms with Crippen molar-refractivity contribution < 1.29 is 23.7 Å². The van der Waals surface area contributed by atoms with Gasteiger partial charge in [0.15, 0.2) is 23.0 Å². The molecule has 176 valence electrons.